The first-order valence-corrected chi connectivity index (χ1v) is 7.67. The molecule has 1 saturated carbocycles. The van der Waals surface area contributed by atoms with Crippen molar-refractivity contribution in [2.45, 2.75) is 45.7 Å². The van der Waals surface area contributed by atoms with Gasteiger partial charge in [-0.1, -0.05) is 25.4 Å². The Morgan fingerprint density at radius 1 is 1.37 bits per heavy atom. The summed E-state index contributed by atoms with van der Waals surface area (Å²) < 4.78 is 0. The van der Waals surface area contributed by atoms with E-state index >= 15 is 0 Å². The van der Waals surface area contributed by atoms with Gasteiger partial charge in [0.25, 0.3) is 0 Å². The lowest BCUT2D eigenvalue weighted by molar-refractivity contribution is 0.584. The van der Waals surface area contributed by atoms with Gasteiger partial charge in [0.05, 0.1) is 0 Å². The maximum absolute atomic E-state index is 6.13. The molecule has 1 aliphatic rings. The van der Waals surface area contributed by atoms with Crippen LogP contribution in [0.25, 0.3) is 0 Å². The Bertz CT molecular complexity index is 413. The molecule has 3 heteroatoms. The Morgan fingerprint density at radius 3 is 2.74 bits per heavy atom. The minimum atomic E-state index is 0.729. The zero-order valence-corrected chi connectivity index (χ0v) is 13.0. The van der Waals surface area contributed by atoms with E-state index < -0.39 is 0 Å². The molecule has 0 amide bonds. The van der Waals surface area contributed by atoms with Gasteiger partial charge in [0.1, 0.15) is 0 Å². The van der Waals surface area contributed by atoms with Crippen LogP contribution in [0, 0.1) is 5.92 Å². The van der Waals surface area contributed by atoms with Gasteiger partial charge in [-0.3, -0.25) is 0 Å². The monoisotopic (exact) mass is 280 g/mol. The van der Waals surface area contributed by atoms with Gasteiger partial charge in [-0.2, -0.15) is 0 Å². The molecule has 0 heterocycles. The lowest BCUT2D eigenvalue weighted by atomic mass is 10.1. The van der Waals surface area contributed by atoms with E-state index in [0.717, 1.165) is 30.1 Å². The Hall–Kier alpha value is -0.730. The summed E-state index contributed by atoms with van der Waals surface area (Å²) in [5.41, 5.74) is 2.61. The number of nitrogens with one attached hydrogen (secondary N) is 1. The SMILES string of the molecule is CC(C)CCN(C)c1ccc(Cl)cc1CNC1CC1. The molecule has 1 fully saturated rings. The van der Waals surface area contributed by atoms with E-state index in [4.69, 9.17) is 11.6 Å². The van der Waals surface area contributed by atoms with Gasteiger partial charge in [0.2, 0.25) is 0 Å². The van der Waals surface area contributed by atoms with Crippen LogP contribution in [0.2, 0.25) is 5.02 Å². The highest BCUT2D eigenvalue weighted by atomic mass is 35.5. The molecule has 0 spiro atoms. The minimum Gasteiger partial charge on any atom is -0.374 e. The summed E-state index contributed by atoms with van der Waals surface area (Å²) in [7, 11) is 2.17. The molecule has 0 unspecified atom stereocenters. The molecule has 1 aromatic carbocycles. The number of nitrogens with zero attached hydrogens (tertiary/aromatic N) is 1. The van der Waals surface area contributed by atoms with Gasteiger partial charge >= 0.3 is 0 Å². The fraction of sp³-hybridized carbons (Fsp3) is 0.625. The van der Waals surface area contributed by atoms with Crippen molar-refractivity contribution in [2.75, 3.05) is 18.5 Å². The quantitative estimate of drug-likeness (QED) is 0.810. The van der Waals surface area contributed by atoms with Crippen molar-refractivity contribution >= 4 is 17.3 Å². The summed E-state index contributed by atoms with van der Waals surface area (Å²) in [5.74, 6) is 0.739. The van der Waals surface area contributed by atoms with Crippen LogP contribution in [-0.4, -0.2) is 19.6 Å². The van der Waals surface area contributed by atoms with Gasteiger partial charge in [-0.25, -0.2) is 0 Å². The molecular weight excluding hydrogens is 256 g/mol. The molecule has 0 atom stereocenters. The molecule has 106 valence electrons. The second kappa shape index (κ2) is 6.62. The summed E-state index contributed by atoms with van der Waals surface area (Å²) in [4.78, 5) is 2.35. The summed E-state index contributed by atoms with van der Waals surface area (Å²) in [6.07, 6.45) is 3.85. The number of anilines is 1. The molecule has 19 heavy (non-hydrogen) atoms. The Balaban J connectivity index is 2.03. The predicted octanol–water partition coefficient (Wildman–Crippen LogP) is 4.07. The zero-order chi connectivity index (χ0) is 13.8. The second-order valence-corrected chi connectivity index (χ2v) is 6.47. The number of hydrogen-bond acceptors (Lipinski definition) is 2. The van der Waals surface area contributed by atoms with Crippen LogP contribution in [0.5, 0.6) is 0 Å². The van der Waals surface area contributed by atoms with Crippen LogP contribution in [0.15, 0.2) is 18.2 Å². The van der Waals surface area contributed by atoms with Crippen molar-refractivity contribution < 1.29 is 0 Å². The fourth-order valence-corrected chi connectivity index (χ4v) is 2.38. The van der Waals surface area contributed by atoms with Gasteiger partial charge in [-0.15, -0.1) is 0 Å². The first-order chi connectivity index (χ1) is 9.06. The molecule has 0 radical (unpaired) electrons. The maximum Gasteiger partial charge on any atom is 0.0410 e. The third-order valence-corrected chi connectivity index (χ3v) is 3.89. The van der Waals surface area contributed by atoms with Crippen molar-refractivity contribution in [1.82, 2.24) is 5.32 Å². The average molecular weight is 281 g/mol. The lowest BCUT2D eigenvalue weighted by Crippen LogP contribution is -2.23. The van der Waals surface area contributed by atoms with E-state index in [9.17, 15) is 0 Å². The molecule has 2 nitrogen and oxygen atoms in total. The molecule has 0 bridgehead atoms. The predicted molar refractivity (Wildman–Crippen MR) is 84.0 cm³/mol. The van der Waals surface area contributed by atoms with Gasteiger partial charge in [0, 0.05) is 36.9 Å². The Morgan fingerprint density at radius 2 is 2.11 bits per heavy atom. The van der Waals surface area contributed by atoms with E-state index in [1.165, 1.54) is 30.5 Å². The largest absolute Gasteiger partial charge is 0.374 e. The van der Waals surface area contributed by atoms with Crippen LogP contribution in [0.3, 0.4) is 0 Å². The standard InChI is InChI=1S/C16H25ClN2/c1-12(2)8-9-19(3)16-7-4-14(17)10-13(16)11-18-15-5-6-15/h4,7,10,12,15,18H,5-6,8-9,11H2,1-3H3. The number of benzene rings is 1. The van der Waals surface area contributed by atoms with E-state index in [2.05, 4.69) is 43.2 Å². The molecule has 0 aliphatic heterocycles. The van der Waals surface area contributed by atoms with E-state index in [1.807, 2.05) is 6.07 Å². The lowest BCUT2D eigenvalue weighted by Gasteiger charge is -2.24. The topological polar surface area (TPSA) is 15.3 Å². The Kier molecular flexibility index (Phi) is 5.12. The average Bonchev–Trinajstić information content (AvgIpc) is 3.17. The van der Waals surface area contributed by atoms with Crippen molar-refractivity contribution in [3.63, 3.8) is 0 Å². The summed E-state index contributed by atoms with van der Waals surface area (Å²) in [5, 5.41) is 4.40. The smallest absolute Gasteiger partial charge is 0.0410 e. The van der Waals surface area contributed by atoms with Crippen LogP contribution in [0.1, 0.15) is 38.7 Å². The summed E-state index contributed by atoms with van der Waals surface area (Å²) in [6.45, 7) is 6.55. The molecule has 1 aromatic rings. The minimum absolute atomic E-state index is 0.729. The van der Waals surface area contributed by atoms with E-state index in [1.54, 1.807) is 0 Å². The summed E-state index contributed by atoms with van der Waals surface area (Å²) in [6, 6.07) is 6.96. The van der Waals surface area contributed by atoms with Crippen LogP contribution < -0.4 is 10.2 Å². The molecule has 0 aromatic heterocycles. The molecule has 1 aliphatic carbocycles. The summed E-state index contributed by atoms with van der Waals surface area (Å²) >= 11 is 6.13. The first-order valence-electron chi connectivity index (χ1n) is 7.29. The van der Waals surface area contributed by atoms with Gasteiger partial charge < -0.3 is 10.2 Å². The second-order valence-electron chi connectivity index (χ2n) is 6.03. The third kappa shape index (κ3) is 4.70. The number of hydrogen-bond donors (Lipinski definition) is 1. The van der Waals surface area contributed by atoms with E-state index in [0.29, 0.717) is 0 Å². The van der Waals surface area contributed by atoms with Crippen molar-refractivity contribution in [3.05, 3.63) is 28.8 Å². The Labute approximate surface area is 122 Å². The van der Waals surface area contributed by atoms with Crippen LogP contribution >= 0.6 is 11.6 Å². The van der Waals surface area contributed by atoms with Crippen LogP contribution in [-0.2, 0) is 6.54 Å². The number of halogens is 1. The first kappa shape index (κ1) is 14.7. The van der Waals surface area contributed by atoms with Gasteiger partial charge in [0.15, 0.2) is 0 Å². The van der Waals surface area contributed by atoms with E-state index in [-0.39, 0.29) is 0 Å². The van der Waals surface area contributed by atoms with Crippen molar-refractivity contribution in [2.24, 2.45) is 5.92 Å². The maximum atomic E-state index is 6.13. The molecule has 2 rings (SSSR count). The molecule has 1 N–H and O–H groups in total. The zero-order valence-electron chi connectivity index (χ0n) is 12.2. The molecular formula is C16H25ClN2. The van der Waals surface area contributed by atoms with Crippen LogP contribution in [0.4, 0.5) is 5.69 Å². The third-order valence-electron chi connectivity index (χ3n) is 3.65. The van der Waals surface area contributed by atoms with Crippen molar-refractivity contribution in [3.8, 4) is 0 Å². The number of rotatable bonds is 7. The normalized spacial score (nSPS) is 15.0. The highest BCUT2D eigenvalue weighted by Crippen LogP contribution is 2.26. The highest BCUT2D eigenvalue weighted by Gasteiger charge is 2.20. The van der Waals surface area contributed by atoms with Crippen molar-refractivity contribution in [1.29, 1.82) is 0 Å². The highest BCUT2D eigenvalue weighted by molar-refractivity contribution is 6.30. The van der Waals surface area contributed by atoms with Gasteiger partial charge in [-0.05, 0) is 48.9 Å². The molecule has 0 saturated heterocycles. The fourth-order valence-electron chi connectivity index (χ4n) is 2.18.